The van der Waals surface area contributed by atoms with Gasteiger partial charge in [-0.15, -0.1) is 11.3 Å². The number of rotatable bonds is 3. The Kier molecular flexibility index (Phi) is 3.48. The molecule has 1 fully saturated rings. The van der Waals surface area contributed by atoms with E-state index in [9.17, 15) is 4.79 Å². The van der Waals surface area contributed by atoms with E-state index in [-0.39, 0.29) is 5.91 Å². The van der Waals surface area contributed by atoms with Gasteiger partial charge < -0.3 is 5.32 Å². The molecular formula is C13H10Cl2N2OS. The monoisotopic (exact) mass is 312 g/mol. The molecule has 6 heteroatoms. The topological polar surface area (TPSA) is 42.0 Å². The molecule has 0 bridgehead atoms. The molecule has 0 aromatic carbocycles. The molecule has 1 N–H and O–H groups in total. The Labute approximate surface area is 124 Å². The molecule has 1 aliphatic rings. The third kappa shape index (κ3) is 2.76. The third-order valence-corrected chi connectivity index (χ3v) is 4.44. The van der Waals surface area contributed by atoms with Crippen molar-refractivity contribution in [3.8, 4) is 0 Å². The van der Waals surface area contributed by atoms with Crippen molar-refractivity contribution >= 4 is 46.1 Å². The van der Waals surface area contributed by atoms with Gasteiger partial charge in [0.05, 0.1) is 21.8 Å². The summed E-state index contributed by atoms with van der Waals surface area (Å²) in [5, 5.41) is 5.42. The maximum atomic E-state index is 12.2. The predicted molar refractivity (Wildman–Crippen MR) is 78.5 cm³/mol. The zero-order valence-corrected chi connectivity index (χ0v) is 12.1. The summed E-state index contributed by atoms with van der Waals surface area (Å²) in [7, 11) is 0. The summed E-state index contributed by atoms with van der Waals surface area (Å²) >= 11 is 13.2. The first-order valence-corrected chi connectivity index (χ1v) is 7.48. The average Bonchev–Trinajstić information content (AvgIpc) is 3.10. The van der Waals surface area contributed by atoms with Gasteiger partial charge in [0.1, 0.15) is 5.15 Å². The summed E-state index contributed by atoms with van der Waals surface area (Å²) in [6, 6.07) is 3.54. The lowest BCUT2D eigenvalue weighted by atomic mass is 10.1. The molecule has 3 nitrogen and oxygen atoms in total. The zero-order valence-electron chi connectivity index (χ0n) is 9.82. The lowest BCUT2D eigenvalue weighted by Crippen LogP contribution is -2.12. The molecule has 0 radical (unpaired) electrons. The number of thiophene rings is 1. The second kappa shape index (κ2) is 5.12. The van der Waals surface area contributed by atoms with Gasteiger partial charge in [0, 0.05) is 0 Å². The van der Waals surface area contributed by atoms with Gasteiger partial charge in [-0.25, -0.2) is 4.98 Å². The molecule has 3 rings (SSSR count). The molecule has 1 saturated carbocycles. The summed E-state index contributed by atoms with van der Waals surface area (Å²) in [4.78, 5) is 16.9. The fourth-order valence-electron chi connectivity index (χ4n) is 1.90. The molecule has 98 valence electrons. The Morgan fingerprint density at radius 2 is 2.21 bits per heavy atom. The first kappa shape index (κ1) is 12.9. The van der Waals surface area contributed by atoms with Crippen molar-refractivity contribution < 1.29 is 4.79 Å². The van der Waals surface area contributed by atoms with Crippen molar-refractivity contribution in [3.63, 3.8) is 0 Å². The average molecular weight is 313 g/mol. The van der Waals surface area contributed by atoms with Crippen LogP contribution in [0.25, 0.3) is 0 Å². The van der Waals surface area contributed by atoms with E-state index in [1.165, 1.54) is 36.4 Å². The molecular weight excluding hydrogens is 303 g/mol. The van der Waals surface area contributed by atoms with Gasteiger partial charge in [-0.3, -0.25) is 4.79 Å². The Bertz CT molecular complexity index is 637. The summed E-state index contributed by atoms with van der Waals surface area (Å²) < 4.78 is 0. The maximum Gasteiger partial charge on any atom is 0.266 e. The Morgan fingerprint density at radius 3 is 2.89 bits per heavy atom. The number of anilines is 1. The number of hydrogen-bond acceptors (Lipinski definition) is 3. The Morgan fingerprint density at radius 1 is 1.42 bits per heavy atom. The number of nitrogens with zero attached hydrogens (tertiary/aromatic N) is 1. The minimum atomic E-state index is -0.136. The number of pyridine rings is 1. The van der Waals surface area contributed by atoms with Crippen LogP contribution in [-0.4, -0.2) is 10.9 Å². The van der Waals surface area contributed by atoms with Crippen molar-refractivity contribution in [2.75, 3.05) is 5.32 Å². The van der Waals surface area contributed by atoms with E-state index >= 15 is 0 Å². The highest BCUT2D eigenvalue weighted by atomic mass is 35.5. The highest BCUT2D eigenvalue weighted by molar-refractivity contribution is 7.12. The van der Waals surface area contributed by atoms with E-state index in [0.29, 0.717) is 21.8 Å². The molecule has 0 saturated heterocycles. The minimum Gasteiger partial charge on any atom is -0.319 e. The van der Waals surface area contributed by atoms with Crippen molar-refractivity contribution in [1.29, 1.82) is 0 Å². The zero-order chi connectivity index (χ0) is 13.4. The van der Waals surface area contributed by atoms with E-state index < -0.39 is 0 Å². The number of carbonyl (C=O) groups is 1. The molecule has 2 heterocycles. The van der Waals surface area contributed by atoms with Crippen LogP contribution in [-0.2, 0) is 0 Å². The summed E-state index contributed by atoms with van der Waals surface area (Å²) in [6.07, 6.45) is 3.80. The fraction of sp³-hybridized carbons (Fsp3) is 0.231. The van der Waals surface area contributed by atoms with Gasteiger partial charge in [0.2, 0.25) is 0 Å². The van der Waals surface area contributed by atoms with Crippen LogP contribution in [0, 0.1) is 0 Å². The predicted octanol–water partition coefficient (Wildman–Crippen LogP) is 4.58. The van der Waals surface area contributed by atoms with Crippen LogP contribution in [0.4, 0.5) is 5.69 Å². The first-order valence-electron chi connectivity index (χ1n) is 5.85. The number of hydrogen-bond donors (Lipinski definition) is 1. The van der Waals surface area contributed by atoms with Gasteiger partial charge in [0.15, 0.2) is 0 Å². The first-order chi connectivity index (χ1) is 9.15. The minimum absolute atomic E-state index is 0.136. The number of amides is 1. The maximum absolute atomic E-state index is 12.2. The largest absolute Gasteiger partial charge is 0.319 e. The normalized spacial score (nSPS) is 14.4. The van der Waals surface area contributed by atoms with Crippen LogP contribution in [0.5, 0.6) is 0 Å². The molecule has 1 amide bonds. The quantitative estimate of drug-likeness (QED) is 0.843. The molecule has 0 atom stereocenters. The highest BCUT2D eigenvalue weighted by Gasteiger charge is 2.29. The van der Waals surface area contributed by atoms with Crippen molar-refractivity contribution in [1.82, 2.24) is 4.98 Å². The smallest absolute Gasteiger partial charge is 0.266 e. The van der Waals surface area contributed by atoms with Crippen molar-refractivity contribution in [3.05, 3.63) is 44.3 Å². The lowest BCUT2D eigenvalue weighted by molar-refractivity contribution is 0.102. The van der Waals surface area contributed by atoms with Gasteiger partial charge in [-0.05, 0) is 41.8 Å². The van der Waals surface area contributed by atoms with Crippen molar-refractivity contribution in [2.24, 2.45) is 0 Å². The van der Waals surface area contributed by atoms with Crippen molar-refractivity contribution in [2.45, 2.75) is 18.8 Å². The van der Waals surface area contributed by atoms with Crippen LogP contribution in [0.3, 0.4) is 0 Å². The summed E-state index contributed by atoms with van der Waals surface area (Å²) in [5.41, 5.74) is 1.62. The molecule has 0 spiro atoms. The SMILES string of the molecule is O=C(Nc1cnc(Cl)cc1Cl)c1sccc1C1CC1. The molecule has 2 aromatic rings. The van der Waals surface area contributed by atoms with Crippen LogP contribution in [0.15, 0.2) is 23.7 Å². The van der Waals surface area contributed by atoms with Gasteiger partial charge in [-0.2, -0.15) is 0 Å². The van der Waals surface area contributed by atoms with Gasteiger partial charge in [-0.1, -0.05) is 23.2 Å². The van der Waals surface area contributed by atoms with Crippen LogP contribution in [0.2, 0.25) is 10.2 Å². The number of halogens is 2. The Hall–Kier alpha value is -1.10. The van der Waals surface area contributed by atoms with E-state index in [2.05, 4.69) is 10.3 Å². The molecule has 0 aliphatic heterocycles. The van der Waals surface area contributed by atoms with E-state index in [4.69, 9.17) is 23.2 Å². The van der Waals surface area contributed by atoms with Gasteiger partial charge in [0.25, 0.3) is 5.91 Å². The highest BCUT2D eigenvalue weighted by Crippen LogP contribution is 2.43. The summed E-state index contributed by atoms with van der Waals surface area (Å²) in [5.74, 6) is 0.411. The lowest BCUT2D eigenvalue weighted by Gasteiger charge is -2.07. The van der Waals surface area contributed by atoms with Crippen LogP contribution < -0.4 is 5.32 Å². The van der Waals surface area contributed by atoms with E-state index in [1.54, 1.807) is 0 Å². The molecule has 1 aliphatic carbocycles. The number of carbonyl (C=O) groups excluding carboxylic acids is 1. The molecule has 2 aromatic heterocycles. The number of aromatic nitrogens is 1. The Balaban J connectivity index is 1.82. The standard InChI is InChI=1S/C13H10Cl2N2OS/c14-9-5-11(15)16-6-10(9)17-13(18)12-8(3-4-19-12)7-1-2-7/h3-7H,1-2H2,(H,17,18). The molecule has 0 unspecified atom stereocenters. The van der Waals surface area contributed by atoms with Gasteiger partial charge >= 0.3 is 0 Å². The second-order valence-electron chi connectivity index (χ2n) is 4.42. The van der Waals surface area contributed by atoms with Crippen LogP contribution in [0.1, 0.15) is 34.0 Å². The molecule has 19 heavy (non-hydrogen) atoms. The number of nitrogens with one attached hydrogen (secondary N) is 1. The fourth-order valence-corrected chi connectivity index (χ4v) is 3.19. The second-order valence-corrected chi connectivity index (χ2v) is 6.13. The van der Waals surface area contributed by atoms with E-state index in [0.717, 1.165) is 10.4 Å². The van der Waals surface area contributed by atoms with Crippen LogP contribution >= 0.6 is 34.5 Å². The third-order valence-electron chi connectivity index (χ3n) is 2.99. The summed E-state index contributed by atoms with van der Waals surface area (Å²) in [6.45, 7) is 0. The van der Waals surface area contributed by atoms with E-state index in [1.807, 2.05) is 11.4 Å².